The lowest BCUT2D eigenvalue weighted by Crippen LogP contribution is -2.24. The Bertz CT molecular complexity index is 405. The van der Waals surface area contributed by atoms with Gasteiger partial charge in [-0.3, -0.25) is 0 Å². The first-order chi connectivity index (χ1) is 7.66. The molecule has 1 heterocycles. The van der Waals surface area contributed by atoms with Gasteiger partial charge < -0.3 is 19.5 Å². The predicted octanol–water partition coefficient (Wildman–Crippen LogP) is 1.57. The number of carboxylic acid groups (broad SMARTS) is 1. The van der Waals surface area contributed by atoms with Crippen molar-refractivity contribution in [2.75, 3.05) is 20.3 Å². The second-order valence-corrected chi connectivity index (χ2v) is 3.62. The monoisotopic (exact) mass is 223 g/mol. The molecule has 0 radical (unpaired) electrons. The maximum atomic E-state index is 10.7. The van der Waals surface area contributed by atoms with Gasteiger partial charge in [-0.1, -0.05) is 6.07 Å². The van der Waals surface area contributed by atoms with E-state index < -0.39 is 6.09 Å². The van der Waals surface area contributed by atoms with E-state index in [9.17, 15) is 4.79 Å². The van der Waals surface area contributed by atoms with Crippen LogP contribution in [-0.4, -0.2) is 36.4 Å². The Kier molecular flexibility index (Phi) is 2.85. The van der Waals surface area contributed by atoms with E-state index in [0.717, 1.165) is 5.56 Å². The van der Waals surface area contributed by atoms with Gasteiger partial charge in [-0.15, -0.1) is 0 Å². The largest absolute Gasteiger partial charge is 0.486 e. The van der Waals surface area contributed by atoms with Gasteiger partial charge in [0.05, 0.1) is 0 Å². The van der Waals surface area contributed by atoms with Crippen LogP contribution >= 0.6 is 0 Å². The highest BCUT2D eigenvalue weighted by atomic mass is 16.6. The molecule has 5 nitrogen and oxygen atoms in total. The number of hydrogen-bond donors (Lipinski definition) is 1. The van der Waals surface area contributed by atoms with E-state index in [-0.39, 0.29) is 0 Å². The normalized spacial score (nSPS) is 13.3. The van der Waals surface area contributed by atoms with Crippen molar-refractivity contribution in [2.45, 2.75) is 6.54 Å². The topological polar surface area (TPSA) is 59.0 Å². The molecule has 1 amide bonds. The van der Waals surface area contributed by atoms with Crippen molar-refractivity contribution in [3.63, 3.8) is 0 Å². The van der Waals surface area contributed by atoms with Crippen LogP contribution in [0.4, 0.5) is 4.79 Å². The van der Waals surface area contributed by atoms with Gasteiger partial charge in [0.25, 0.3) is 0 Å². The fourth-order valence-electron chi connectivity index (χ4n) is 1.53. The van der Waals surface area contributed by atoms with Crippen molar-refractivity contribution in [1.29, 1.82) is 0 Å². The van der Waals surface area contributed by atoms with Gasteiger partial charge in [0, 0.05) is 13.6 Å². The molecule has 0 saturated heterocycles. The second-order valence-electron chi connectivity index (χ2n) is 3.62. The summed E-state index contributed by atoms with van der Waals surface area (Å²) in [4.78, 5) is 11.9. The Morgan fingerprint density at radius 1 is 1.38 bits per heavy atom. The third-order valence-electron chi connectivity index (χ3n) is 2.35. The van der Waals surface area contributed by atoms with Gasteiger partial charge >= 0.3 is 6.09 Å². The Balaban J connectivity index is 2.14. The summed E-state index contributed by atoms with van der Waals surface area (Å²) in [5, 5.41) is 8.75. The zero-order valence-electron chi connectivity index (χ0n) is 8.97. The fourth-order valence-corrected chi connectivity index (χ4v) is 1.53. The van der Waals surface area contributed by atoms with Crippen LogP contribution in [0.1, 0.15) is 5.56 Å². The van der Waals surface area contributed by atoms with Crippen LogP contribution in [0.2, 0.25) is 0 Å². The lowest BCUT2D eigenvalue weighted by Gasteiger charge is -2.20. The SMILES string of the molecule is CN(Cc1ccc2c(c1)OCCO2)C(=O)O. The quantitative estimate of drug-likeness (QED) is 0.826. The van der Waals surface area contributed by atoms with Crippen LogP contribution in [0, 0.1) is 0 Å². The van der Waals surface area contributed by atoms with E-state index in [2.05, 4.69) is 0 Å². The minimum atomic E-state index is -0.949. The molecule has 0 bridgehead atoms. The van der Waals surface area contributed by atoms with Gasteiger partial charge in [0.15, 0.2) is 11.5 Å². The third-order valence-corrected chi connectivity index (χ3v) is 2.35. The van der Waals surface area contributed by atoms with Gasteiger partial charge in [0.1, 0.15) is 13.2 Å². The summed E-state index contributed by atoms with van der Waals surface area (Å²) in [5.41, 5.74) is 0.883. The predicted molar refractivity (Wildman–Crippen MR) is 56.9 cm³/mol. The lowest BCUT2D eigenvalue weighted by atomic mass is 10.2. The summed E-state index contributed by atoms with van der Waals surface area (Å²) in [5.74, 6) is 1.40. The lowest BCUT2D eigenvalue weighted by molar-refractivity contribution is 0.153. The van der Waals surface area contributed by atoms with Crippen LogP contribution in [0.3, 0.4) is 0 Å². The summed E-state index contributed by atoms with van der Waals surface area (Å²) >= 11 is 0. The molecule has 16 heavy (non-hydrogen) atoms. The molecule has 0 atom stereocenters. The van der Waals surface area contributed by atoms with E-state index in [1.165, 1.54) is 11.9 Å². The smallest absolute Gasteiger partial charge is 0.407 e. The fraction of sp³-hybridized carbons (Fsp3) is 0.364. The minimum Gasteiger partial charge on any atom is -0.486 e. The molecule has 1 aromatic carbocycles. The number of carbonyl (C=O) groups is 1. The summed E-state index contributed by atoms with van der Waals surface area (Å²) < 4.78 is 10.8. The van der Waals surface area contributed by atoms with E-state index in [0.29, 0.717) is 31.3 Å². The minimum absolute atomic E-state index is 0.339. The number of rotatable bonds is 2. The van der Waals surface area contributed by atoms with Gasteiger partial charge in [0.2, 0.25) is 0 Å². The highest BCUT2D eigenvalue weighted by Crippen LogP contribution is 2.30. The molecule has 0 aromatic heterocycles. The Labute approximate surface area is 93.2 Å². The van der Waals surface area contributed by atoms with Gasteiger partial charge in [-0.25, -0.2) is 4.79 Å². The summed E-state index contributed by atoms with van der Waals surface area (Å²) in [6, 6.07) is 5.46. The van der Waals surface area contributed by atoms with Crippen LogP contribution < -0.4 is 9.47 Å². The van der Waals surface area contributed by atoms with Crippen LogP contribution in [0.5, 0.6) is 11.5 Å². The number of benzene rings is 1. The maximum Gasteiger partial charge on any atom is 0.407 e. The first-order valence-electron chi connectivity index (χ1n) is 4.99. The van der Waals surface area contributed by atoms with Crippen LogP contribution in [0.25, 0.3) is 0 Å². The Hall–Kier alpha value is -1.91. The average Bonchev–Trinajstić information content (AvgIpc) is 2.28. The van der Waals surface area contributed by atoms with Crippen molar-refractivity contribution in [2.24, 2.45) is 0 Å². The van der Waals surface area contributed by atoms with Crippen molar-refractivity contribution in [1.82, 2.24) is 4.90 Å². The van der Waals surface area contributed by atoms with Gasteiger partial charge in [-0.05, 0) is 17.7 Å². The molecule has 0 spiro atoms. The molecule has 1 aliphatic rings. The molecule has 2 rings (SSSR count). The molecule has 0 saturated carbocycles. The highest BCUT2D eigenvalue weighted by Gasteiger charge is 2.13. The van der Waals surface area contributed by atoms with Crippen molar-refractivity contribution >= 4 is 6.09 Å². The van der Waals surface area contributed by atoms with E-state index in [1.807, 2.05) is 12.1 Å². The molecule has 1 aromatic rings. The summed E-state index contributed by atoms with van der Waals surface area (Å²) in [7, 11) is 1.53. The molecular weight excluding hydrogens is 210 g/mol. The molecule has 1 N–H and O–H groups in total. The number of amides is 1. The number of nitrogens with zero attached hydrogens (tertiary/aromatic N) is 1. The van der Waals surface area contributed by atoms with Gasteiger partial charge in [-0.2, -0.15) is 0 Å². The Morgan fingerprint density at radius 3 is 2.75 bits per heavy atom. The number of ether oxygens (including phenoxy) is 2. The maximum absolute atomic E-state index is 10.7. The highest BCUT2D eigenvalue weighted by molar-refractivity contribution is 5.64. The molecule has 5 heteroatoms. The van der Waals surface area contributed by atoms with Crippen LogP contribution in [0.15, 0.2) is 18.2 Å². The molecule has 1 aliphatic heterocycles. The molecule has 0 unspecified atom stereocenters. The third kappa shape index (κ3) is 2.18. The standard InChI is InChI=1S/C11H13NO4/c1-12(11(13)14)7-8-2-3-9-10(6-8)16-5-4-15-9/h2-3,6H,4-5,7H2,1H3,(H,13,14). The average molecular weight is 223 g/mol. The first-order valence-corrected chi connectivity index (χ1v) is 4.99. The number of fused-ring (bicyclic) bond motifs is 1. The zero-order valence-corrected chi connectivity index (χ0v) is 8.97. The summed E-state index contributed by atoms with van der Waals surface area (Å²) in [6.45, 7) is 1.43. The van der Waals surface area contributed by atoms with E-state index in [1.54, 1.807) is 6.07 Å². The first kappa shape index (κ1) is 10.6. The van der Waals surface area contributed by atoms with Crippen molar-refractivity contribution in [3.05, 3.63) is 23.8 Å². The molecule has 86 valence electrons. The van der Waals surface area contributed by atoms with Crippen molar-refractivity contribution < 1.29 is 19.4 Å². The van der Waals surface area contributed by atoms with E-state index >= 15 is 0 Å². The Morgan fingerprint density at radius 2 is 2.06 bits per heavy atom. The molecule has 0 aliphatic carbocycles. The summed E-state index contributed by atoms with van der Waals surface area (Å²) in [6.07, 6.45) is -0.949. The zero-order chi connectivity index (χ0) is 11.5. The van der Waals surface area contributed by atoms with E-state index in [4.69, 9.17) is 14.6 Å². The number of hydrogen-bond acceptors (Lipinski definition) is 3. The van der Waals surface area contributed by atoms with Crippen molar-refractivity contribution in [3.8, 4) is 11.5 Å². The molecular formula is C11H13NO4. The molecule has 0 fully saturated rings. The van der Waals surface area contributed by atoms with Crippen LogP contribution in [-0.2, 0) is 6.54 Å². The second kappa shape index (κ2) is 4.30.